The first-order chi connectivity index (χ1) is 1.41. The molecule has 0 aliphatic heterocycles. The maximum Gasteiger partial charge on any atom is 0.00366 e. The number of hydrogen-bond donors (Lipinski definition) is 1. The fourth-order valence-corrected chi connectivity index (χ4v) is 0. The first-order valence-corrected chi connectivity index (χ1v) is 0.408. The Morgan fingerprint density at radius 2 is 1.75 bits per heavy atom. The van der Waals surface area contributed by atoms with Crippen molar-refractivity contribution < 1.29 is 22.3 Å². The van der Waals surface area contributed by atoms with E-state index in [2.05, 4.69) is 0 Å². The van der Waals surface area contributed by atoms with Crippen LogP contribution in [0.25, 0.3) is 0 Å². The van der Waals surface area contributed by atoms with Gasteiger partial charge >= 0.3 is 0 Å². The molecule has 0 aliphatic carbocycles. The normalized spacial score (nSPS) is 3.00. The molecule has 4 heteroatoms. The Bertz CT molecular complexity index is 13.5. The Morgan fingerprint density at radius 3 is 1.75 bits per heavy atom. The summed E-state index contributed by atoms with van der Waals surface area (Å²) in [5.41, 5.74) is 0. The molecule has 0 radical (unpaired) electrons. The van der Waals surface area contributed by atoms with Crippen molar-refractivity contribution in [3.8, 4) is 0 Å². The third-order valence-electron chi connectivity index (χ3n) is 0. The minimum Gasteiger partial charge on any atom is -1.00 e. The van der Waals surface area contributed by atoms with Gasteiger partial charge in [0.1, 0.15) is 0 Å². The number of rotatable bonds is 0. The van der Waals surface area contributed by atoms with Crippen molar-refractivity contribution in [2.45, 2.75) is 0 Å². The van der Waals surface area contributed by atoms with E-state index in [0.717, 1.165) is 0 Å². The van der Waals surface area contributed by atoms with Crippen molar-refractivity contribution >= 4 is 0 Å². The molecule has 0 aromatic carbocycles. The topological polar surface area (TPSA) is 54.1 Å². The van der Waals surface area contributed by atoms with Crippen LogP contribution in [-0.4, -0.2) is 0 Å². The smallest absolute Gasteiger partial charge is 0.00366 e. The lowest BCUT2D eigenvalue weighted by molar-refractivity contribution is -0.398. The van der Waals surface area contributed by atoms with Gasteiger partial charge in [-0.3, -0.25) is 10.1 Å². The molecule has 0 spiro atoms. The molecule has 3 nitrogen and oxygen atoms in total. The van der Waals surface area contributed by atoms with Crippen LogP contribution in [0.3, 0.4) is 0 Å². The highest BCUT2D eigenvalue weighted by atomic mass is 79.9. The lowest BCUT2D eigenvalue weighted by atomic mass is 13.4. The first-order valence-electron chi connectivity index (χ1n) is 0.408. The number of halogens is 1. The summed E-state index contributed by atoms with van der Waals surface area (Å²) in [5.74, 6) is 0. The molecule has 0 fully saturated rings. The summed E-state index contributed by atoms with van der Waals surface area (Å²) in [6.45, 7) is 0. The third-order valence-corrected chi connectivity index (χ3v) is 0. The Morgan fingerprint density at radius 1 is 1.75 bits per heavy atom. The molecule has 0 aromatic heterocycles. The van der Waals surface area contributed by atoms with Crippen LogP contribution in [0.1, 0.15) is 0 Å². The van der Waals surface area contributed by atoms with E-state index in [1.165, 1.54) is 0 Å². The van der Waals surface area contributed by atoms with Gasteiger partial charge in [-0.05, 0) is 0 Å². The Hall–Kier alpha value is -0.120. The minimum atomic E-state index is 0. The van der Waals surface area contributed by atoms with E-state index in [-0.39, 0.29) is 22.3 Å². The van der Waals surface area contributed by atoms with E-state index in [1.807, 2.05) is 0 Å². The largest absolute Gasteiger partial charge is 1.00 e. The predicted octanol–water partition coefficient (Wildman–Crippen LogP) is -4.66. The lowest BCUT2D eigenvalue weighted by Gasteiger charge is -1.36. The fraction of sp³-hybridized carbons (Fsp3) is 0. The van der Waals surface area contributed by atoms with Crippen molar-refractivity contribution in [2.24, 2.45) is 0 Å². The standard InChI is InChI=1S/BrH.HNO2/c;2-1-3/h1H;1H/p-1. The summed E-state index contributed by atoms with van der Waals surface area (Å²) in [5, 5.41) is 8.38. The molecule has 0 aliphatic rings. The van der Waals surface area contributed by atoms with Gasteiger partial charge in [0.15, 0.2) is 0 Å². The Labute approximate surface area is 33.3 Å². The fourth-order valence-electron chi connectivity index (χ4n) is 0. The number of hydrogen-bond acceptors (Lipinski definition) is 2. The molecule has 0 atom stereocenters. The molecule has 0 saturated heterocycles. The second kappa shape index (κ2) is 13.1. The molecule has 0 aromatic rings. The third kappa shape index (κ3) is 101. The molecule has 0 heterocycles. The molecule has 0 rings (SSSR count). The molecule has 0 saturated carbocycles. The van der Waals surface area contributed by atoms with Crippen LogP contribution < -0.4 is 22.3 Å². The van der Waals surface area contributed by atoms with Gasteiger partial charge in [-0.1, -0.05) is 0 Å². The molecule has 0 bridgehead atoms. The summed E-state index contributed by atoms with van der Waals surface area (Å²) < 4.78 is 0. The van der Waals surface area contributed by atoms with Gasteiger partial charge in [-0.2, -0.15) is 0 Å². The van der Waals surface area contributed by atoms with E-state index in [1.54, 1.807) is 0 Å². The van der Waals surface area contributed by atoms with E-state index in [4.69, 9.17) is 10.1 Å². The molecule has 0 amide bonds. The van der Waals surface area contributed by atoms with Crippen molar-refractivity contribution in [1.82, 2.24) is 0 Å². The van der Waals surface area contributed by atoms with Gasteiger partial charge in [0, 0.05) is 5.34 Å². The molecular weight excluding hydrogens is 126 g/mol. The molecule has 26 valence electrons. The van der Waals surface area contributed by atoms with Crippen LogP contribution in [0.15, 0.2) is 0 Å². The Kier molecular flexibility index (Phi) is 29.9. The summed E-state index contributed by atoms with van der Waals surface area (Å²) in [6.07, 6.45) is 0. The quantitative estimate of drug-likeness (QED) is 0.262. The highest BCUT2D eigenvalue weighted by Crippen LogP contribution is 0.618. The molecule has 4 heavy (non-hydrogen) atoms. The number of nitrogens with one attached hydrogen (secondary N) is 1. The van der Waals surface area contributed by atoms with Crippen molar-refractivity contribution in [2.75, 3.05) is 0 Å². The van der Waals surface area contributed by atoms with E-state index < -0.39 is 0 Å². The van der Waals surface area contributed by atoms with E-state index in [0.29, 0.717) is 0 Å². The van der Waals surface area contributed by atoms with E-state index in [9.17, 15) is 0 Å². The Balaban J connectivity index is 0. The van der Waals surface area contributed by atoms with Crippen molar-refractivity contribution in [3.05, 3.63) is 10.1 Å². The van der Waals surface area contributed by atoms with Gasteiger partial charge < -0.3 is 17.0 Å². The average molecular weight is 127 g/mol. The highest BCUT2D eigenvalue weighted by molar-refractivity contribution is 3.77. The van der Waals surface area contributed by atoms with Crippen LogP contribution >= 0.6 is 0 Å². The zero-order chi connectivity index (χ0) is 2.71. The molecule has 1 N–H and O–H groups in total. The summed E-state index contributed by atoms with van der Waals surface area (Å²) >= 11 is 0. The molecule has 0 unspecified atom stereocenters. The second-order valence-corrected chi connectivity index (χ2v) is 0.0833. The van der Waals surface area contributed by atoms with Crippen LogP contribution in [0.2, 0.25) is 0 Å². The van der Waals surface area contributed by atoms with Gasteiger partial charge in [0.2, 0.25) is 0 Å². The summed E-state index contributed by atoms with van der Waals surface area (Å²) in [7, 11) is 0. The maximum atomic E-state index is 8.12. The zero-order valence-electron chi connectivity index (χ0n) is 1.69. The zero-order valence-corrected chi connectivity index (χ0v) is 3.28. The SMILES string of the molecule is O=[NH+][O-].[Br-]. The predicted molar refractivity (Wildman–Crippen MR) is 7.70 cm³/mol. The van der Waals surface area contributed by atoms with Crippen LogP contribution in [0.4, 0.5) is 0 Å². The van der Waals surface area contributed by atoms with E-state index >= 15 is 0 Å². The lowest BCUT2D eigenvalue weighted by Crippen LogP contribution is -3.00. The van der Waals surface area contributed by atoms with Crippen molar-refractivity contribution in [3.63, 3.8) is 0 Å². The highest BCUT2D eigenvalue weighted by Gasteiger charge is 1.10. The summed E-state index contributed by atoms with van der Waals surface area (Å²) in [4.78, 5) is 8.12. The minimum absolute atomic E-state index is 0. The molecular formula is HBrNO2-. The van der Waals surface area contributed by atoms with Gasteiger partial charge in [-0.25, -0.2) is 0 Å². The van der Waals surface area contributed by atoms with Gasteiger partial charge in [0.25, 0.3) is 0 Å². The summed E-state index contributed by atoms with van der Waals surface area (Å²) in [6, 6.07) is 0. The maximum absolute atomic E-state index is 8.12. The van der Waals surface area contributed by atoms with Crippen molar-refractivity contribution in [1.29, 1.82) is 0 Å². The second-order valence-electron chi connectivity index (χ2n) is 0.0833. The first kappa shape index (κ1) is 9.11. The van der Waals surface area contributed by atoms with Gasteiger partial charge in [-0.15, -0.1) is 0 Å². The van der Waals surface area contributed by atoms with Gasteiger partial charge in [0.05, 0.1) is 0 Å². The van der Waals surface area contributed by atoms with Crippen LogP contribution in [0, 0.1) is 10.1 Å². The van der Waals surface area contributed by atoms with Crippen LogP contribution in [-0.2, 0) is 0 Å². The van der Waals surface area contributed by atoms with Crippen LogP contribution in [0.5, 0.6) is 0 Å². The average Bonchev–Trinajstić information content (AvgIpc) is 0.918. The monoisotopic (exact) mass is 126 g/mol.